The molecule has 0 aliphatic rings. The molecule has 0 radical (unpaired) electrons. The highest BCUT2D eigenvalue weighted by molar-refractivity contribution is 6.32. The van der Waals surface area contributed by atoms with E-state index in [1.807, 2.05) is 24.3 Å². The molecule has 0 spiro atoms. The van der Waals surface area contributed by atoms with Crippen LogP contribution in [0.3, 0.4) is 0 Å². The molecule has 1 N–H and O–H groups in total. The zero-order valence-electron chi connectivity index (χ0n) is 14.9. The first-order chi connectivity index (χ1) is 12.4. The molecule has 0 aliphatic heterocycles. The second-order valence-corrected chi connectivity index (χ2v) is 6.42. The molecule has 1 aromatic heterocycles. The van der Waals surface area contributed by atoms with E-state index in [2.05, 4.69) is 24.1 Å². The van der Waals surface area contributed by atoms with E-state index in [9.17, 15) is 9.59 Å². The van der Waals surface area contributed by atoms with Crippen molar-refractivity contribution >= 4 is 35.2 Å². The number of ether oxygens (including phenoxy) is 1. The van der Waals surface area contributed by atoms with Gasteiger partial charge in [0.05, 0.1) is 5.69 Å². The Kier molecular flexibility index (Phi) is 6.92. The fourth-order valence-electron chi connectivity index (χ4n) is 2.14. The molecule has 1 atom stereocenters. The quantitative estimate of drug-likeness (QED) is 0.462. The van der Waals surface area contributed by atoms with Gasteiger partial charge >= 0.3 is 5.97 Å². The lowest BCUT2D eigenvalue weighted by Crippen LogP contribution is -2.29. The molecular weight excluding hydrogens is 352 g/mol. The summed E-state index contributed by atoms with van der Waals surface area (Å²) in [5, 5.41) is 2.74. The van der Waals surface area contributed by atoms with Crippen LogP contribution in [-0.2, 0) is 14.3 Å². The summed E-state index contributed by atoms with van der Waals surface area (Å²) in [5.41, 5.74) is 2.47. The van der Waals surface area contributed by atoms with Gasteiger partial charge in [0.25, 0.3) is 5.91 Å². The predicted molar refractivity (Wildman–Crippen MR) is 103 cm³/mol. The monoisotopic (exact) mass is 372 g/mol. The molecule has 26 heavy (non-hydrogen) atoms. The van der Waals surface area contributed by atoms with Crippen LogP contribution in [-0.4, -0.2) is 23.0 Å². The first-order valence-corrected chi connectivity index (χ1v) is 8.64. The van der Waals surface area contributed by atoms with Crippen molar-refractivity contribution in [1.82, 2.24) is 4.98 Å². The SMILES string of the molecule is CC(OC(=O)/C=C/c1ccc(C(C)C)cc1)C(=O)Nc1cccnc1Cl. The van der Waals surface area contributed by atoms with Gasteiger partial charge in [0.15, 0.2) is 11.3 Å². The summed E-state index contributed by atoms with van der Waals surface area (Å²) < 4.78 is 5.11. The summed E-state index contributed by atoms with van der Waals surface area (Å²) in [5.74, 6) is -0.633. The van der Waals surface area contributed by atoms with E-state index in [1.54, 1.807) is 18.2 Å². The van der Waals surface area contributed by atoms with Crippen LogP contribution in [0, 0.1) is 0 Å². The van der Waals surface area contributed by atoms with Gasteiger partial charge in [-0.05, 0) is 42.2 Å². The molecule has 1 heterocycles. The van der Waals surface area contributed by atoms with Crippen molar-refractivity contribution in [1.29, 1.82) is 0 Å². The molecule has 0 saturated carbocycles. The molecule has 0 saturated heterocycles. The Morgan fingerprint density at radius 1 is 1.15 bits per heavy atom. The highest BCUT2D eigenvalue weighted by Crippen LogP contribution is 2.18. The topological polar surface area (TPSA) is 68.3 Å². The molecule has 0 bridgehead atoms. The van der Waals surface area contributed by atoms with Crippen molar-refractivity contribution in [3.63, 3.8) is 0 Å². The van der Waals surface area contributed by atoms with E-state index in [0.29, 0.717) is 11.6 Å². The molecule has 1 unspecified atom stereocenters. The Labute approximate surface area is 158 Å². The maximum Gasteiger partial charge on any atom is 0.331 e. The van der Waals surface area contributed by atoms with Gasteiger partial charge in [0, 0.05) is 12.3 Å². The molecular formula is C20H21ClN2O3. The number of esters is 1. The molecule has 1 aromatic carbocycles. The van der Waals surface area contributed by atoms with Crippen LogP contribution in [0.5, 0.6) is 0 Å². The minimum absolute atomic E-state index is 0.170. The summed E-state index contributed by atoms with van der Waals surface area (Å²) in [6, 6.07) is 11.2. The lowest BCUT2D eigenvalue weighted by atomic mass is 10.0. The Morgan fingerprint density at radius 3 is 2.46 bits per heavy atom. The lowest BCUT2D eigenvalue weighted by Gasteiger charge is -2.12. The highest BCUT2D eigenvalue weighted by atomic mass is 35.5. The average Bonchev–Trinajstić information content (AvgIpc) is 2.62. The second kappa shape index (κ2) is 9.15. The number of nitrogens with one attached hydrogen (secondary N) is 1. The molecule has 2 aromatic rings. The van der Waals surface area contributed by atoms with Crippen LogP contribution in [0.15, 0.2) is 48.7 Å². The first-order valence-electron chi connectivity index (χ1n) is 8.27. The maximum atomic E-state index is 12.1. The standard InChI is InChI=1S/C20H21ClN2O3/c1-13(2)16-9-6-15(7-10-16)8-11-18(24)26-14(3)20(25)23-17-5-4-12-22-19(17)21/h4-14H,1-3H3,(H,23,25)/b11-8+. The van der Waals surface area contributed by atoms with Crippen molar-refractivity contribution in [2.45, 2.75) is 32.8 Å². The van der Waals surface area contributed by atoms with E-state index in [1.165, 1.54) is 24.8 Å². The van der Waals surface area contributed by atoms with Gasteiger partial charge in [-0.1, -0.05) is 49.7 Å². The molecule has 6 heteroatoms. The highest BCUT2D eigenvalue weighted by Gasteiger charge is 2.17. The molecule has 1 amide bonds. The van der Waals surface area contributed by atoms with Crippen molar-refractivity contribution in [2.24, 2.45) is 0 Å². The average molecular weight is 373 g/mol. The Hall–Kier alpha value is -2.66. The molecule has 136 valence electrons. The van der Waals surface area contributed by atoms with E-state index < -0.39 is 18.0 Å². The van der Waals surface area contributed by atoms with Crippen molar-refractivity contribution in [3.8, 4) is 0 Å². The van der Waals surface area contributed by atoms with Crippen LogP contribution < -0.4 is 5.32 Å². The number of pyridine rings is 1. The zero-order chi connectivity index (χ0) is 19.1. The number of nitrogens with zero attached hydrogens (tertiary/aromatic N) is 1. The number of carbonyl (C=O) groups is 2. The third-order valence-corrected chi connectivity index (χ3v) is 4.00. The molecule has 0 aliphatic carbocycles. The fraction of sp³-hybridized carbons (Fsp3) is 0.250. The predicted octanol–water partition coefficient (Wildman–Crippen LogP) is 4.44. The van der Waals surface area contributed by atoms with Gasteiger partial charge in [-0.25, -0.2) is 9.78 Å². The summed E-state index contributed by atoms with van der Waals surface area (Å²) in [4.78, 5) is 27.8. The zero-order valence-corrected chi connectivity index (χ0v) is 15.7. The number of aromatic nitrogens is 1. The number of halogens is 1. The summed E-state index contributed by atoms with van der Waals surface area (Å²) in [7, 11) is 0. The Balaban J connectivity index is 1.89. The third-order valence-electron chi connectivity index (χ3n) is 3.69. The number of amides is 1. The number of hydrogen-bond donors (Lipinski definition) is 1. The number of carbonyl (C=O) groups excluding carboxylic acids is 2. The van der Waals surface area contributed by atoms with E-state index in [-0.39, 0.29) is 5.15 Å². The molecule has 0 fully saturated rings. The lowest BCUT2D eigenvalue weighted by molar-refractivity contribution is -0.148. The van der Waals surface area contributed by atoms with Gasteiger partial charge in [0.2, 0.25) is 0 Å². The van der Waals surface area contributed by atoms with Crippen LogP contribution in [0.25, 0.3) is 6.08 Å². The molecule has 5 nitrogen and oxygen atoms in total. The normalized spacial score (nSPS) is 12.2. The Morgan fingerprint density at radius 2 is 1.85 bits per heavy atom. The van der Waals surface area contributed by atoms with E-state index in [0.717, 1.165) is 5.56 Å². The Bertz CT molecular complexity index is 801. The second-order valence-electron chi connectivity index (χ2n) is 6.06. The van der Waals surface area contributed by atoms with Gasteiger partial charge in [0.1, 0.15) is 0 Å². The largest absolute Gasteiger partial charge is 0.449 e. The van der Waals surface area contributed by atoms with Gasteiger partial charge in [-0.3, -0.25) is 4.79 Å². The summed E-state index contributed by atoms with van der Waals surface area (Å²) in [6.45, 7) is 5.73. The van der Waals surface area contributed by atoms with Gasteiger partial charge < -0.3 is 10.1 Å². The van der Waals surface area contributed by atoms with Crippen LogP contribution in [0.1, 0.15) is 37.8 Å². The maximum absolute atomic E-state index is 12.1. The van der Waals surface area contributed by atoms with Crippen LogP contribution in [0.4, 0.5) is 5.69 Å². The van der Waals surface area contributed by atoms with Crippen molar-refractivity contribution in [3.05, 3.63) is 65.0 Å². The van der Waals surface area contributed by atoms with Crippen molar-refractivity contribution in [2.75, 3.05) is 5.32 Å². The molecule has 2 rings (SSSR count). The first kappa shape index (κ1) is 19.7. The summed E-state index contributed by atoms with van der Waals surface area (Å²) >= 11 is 5.88. The smallest absolute Gasteiger partial charge is 0.331 e. The van der Waals surface area contributed by atoms with Crippen LogP contribution >= 0.6 is 11.6 Å². The van der Waals surface area contributed by atoms with Gasteiger partial charge in [-0.2, -0.15) is 0 Å². The number of hydrogen-bond acceptors (Lipinski definition) is 4. The van der Waals surface area contributed by atoms with E-state index >= 15 is 0 Å². The number of rotatable bonds is 6. The summed E-state index contributed by atoms with van der Waals surface area (Å²) in [6.07, 6.45) is 3.49. The third kappa shape index (κ3) is 5.70. The number of benzene rings is 1. The van der Waals surface area contributed by atoms with E-state index in [4.69, 9.17) is 16.3 Å². The minimum Gasteiger partial charge on any atom is -0.449 e. The minimum atomic E-state index is -0.966. The van der Waals surface area contributed by atoms with Crippen molar-refractivity contribution < 1.29 is 14.3 Å². The van der Waals surface area contributed by atoms with Crippen LogP contribution in [0.2, 0.25) is 5.15 Å². The van der Waals surface area contributed by atoms with Gasteiger partial charge in [-0.15, -0.1) is 0 Å². The number of anilines is 1. The fourth-order valence-corrected chi connectivity index (χ4v) is 2.30.